The Balaban J connectivity index is 1.78. The molecular weight excluding hydrogens is 260 g/mol. The van der Waals surface area contributed by atoms with E-state index in [1.54, 1.807) is 11.3 Å². The number of hydrogen-bond donors (Lipinski definition) is 1. The Morgan fingerprint density at radius 3 is 2.72 bits per heavy atom. The van der Waals surface area contributed by atoms with Gasteiger partial charge in [0.2, 0.25) is 0 Å². The normalized spacial score (nSPS) is 16.3. The van der Waals surface area contributed by atoms with Crippen LogP contribution in [-0.2, 0) is 0 Å². The van der Waals surface area contributed by atoms with Crippen molar-refractivity contribution in [2.45, 2.75) is 45.6 Å². The maximum Gasteiger partial charge on any atom is 0.183 e. The Morgan fingerprint density at radius 2 is 2.06 bits per heavy atom. The molecule has 3 rings (SSSR count). The molecule has 0 atom stereocenters. The zero-order valence-electron chi connectivity index (χ0n) is 10.8. The van der Waals surface area contributed by atoms with Gasteiger partial charge in [-0.25, -0.2) is 4.98 Å². The van der Waals surface area contributed by atoms with Crippen LogP contribution in [0.4, 0.5) is 5.13 Å². The maximum atomic E-state index is 4.73. The third kappa shape index (κ3) is 2.45. The van der Waals surface area contributed by atoms with Crippen molar-refractivity contribution in [3.05, 3.63) is 21.2 Å². The van der Waals surface area contributed by atoms with Crippen molar-refractivity contribution < 1.29 is 0 Å². The molecule has 4 heteroatoms. The van der Waals surface area contributed by atoms with Gasteiger partial charge in [0.1, 0.15) is 0 Å². The molecule has 0 amide bonds. The Bertz CT molecular complexity index is 536. The molecule has 1 N–H and O–H groups in total. The standard InChI is InChI=1S/C14H18N2S2/c1-9-7-12(10(2)18-9)13-8-17-14(16-13)15-11-5-3-4-6-11/h7-8,11H,3-6H2,1-2H3,(H,15,16). The number of anilines is 1. The topological polar surface area (TPSA) is 24.9 Å². The van der Waals surface area contributed by atoms with E-state index in [1.807, 2.05) is 11.3 Å². The largest absolute Gasteiger partial charge is 0.359 e. The van der Waals surface area contributed by atoms with Gasteiger partial charge in [0.15, 0.2) is 5.13 Å². The second kappa shape index (κ2) is 5.02. The van der Waals surface area contributed by atoms with E-state index < -0.39 is 0 Å². The fourth-order valence-electron chi connectivity index (χ4n) is 2.59. The molecule has 2 aromatic heterocycles. The predicted molar refractivity (Wildman–Crippen MR) is 80.8 cm³/mol. The van der Waals surface area contributed by atoms with Crippen LogP contribution in [0.25, 0.3) is 11.3 Å². The van der Waals surface area contributed by atoms with E-state index in [0.29, 0.717) is 6.04 Å². The summed E-state index contributed by atoms with van der Waals surface area (Å²) in [5, 5.41) is 6.82. The average molecular weight is 278 g/mol. The lowest BCUT2D eigenvalue weighted by Gasteiger charge is -2.09. The molecule has 2 heterocycles. The molecule has 18 heavy (non-hydrogen) atoms. The first kappa shape index (κ1) is 12.2. The first-order valence-electron chi connectivity index (χ1n) is 6.52. The van der Waals surface area contributed by atoms with Crippen LogP contribution in [0.15, 0.2) is 11.4 Å². The summed E-state index contributed by atoms with van der Waals surface area (Å²) in [5.41, 5.74) is 2.43. The molecule has 0 unspecified atom stereocenters. The minimum Gasteiger partial charge on any atom is -0.359 e. The molecule has 2 nitrogen and oxygen atoms in total. The molecule has 1 aliphatic carbocycles. The summed E-state index contributed by atoms with van der Waals surface area (Å²) >= 11 is 3.58. The van der Waals surface area contributed by atoms with E-state index in [2.05, 4.69) is 30.6 Å². The Kier molecular flexibility index (Phi) is 3.39. The molecule has 0 bridgehead atoms. The van der Waals surface area contributed by atoms with Gasteiger partial charge >= 0.3 is 0 Å². The van der Waals surface area contributed by atoms with E-state index in [0.717, 1.165) is 10.8 Å². The number of thiazole rings is 1. The quantitative estimate of drug-likeness (QED) is 0.868. The zero-order chi connectivity index (χ0) is 12.5. The number of nitrogens with zero attached hydrogens (tertiary/aromatic N) is 1. The van der Waals surface area contributed by atoms with E-state index in [4.69, 9.17) is 4.98 Å². The highest BCUT2D eigenvalue weighted by atomic mass is 32.1. The maximum absolute atomic E-state index is 4.73. The molecule has 0 aliphatic heterocycles. The zero-order valence-corrected chi connectivity index (χ0v) is 12.5. The smallest absolute Gasteiger partial charge is 0.183 e. The van der Waals surface area contributed by atoms with Crippen LogP contribution in [0.1, 0.15) is 35.4 Å². The highest BCUT2D eigenvalue weighted by molar-refractivity contribution is 7.14. The number of aromatic nitrogens is 1. The fraction of sp³-hybridized carbons (Fsp3) is 0.500. The van der Waals surface area contributed by atoms with Gasteiger partial charge in [-0.1, -0.05) is 12.8 Å². The summed E-state index contributed by atoms with van der Waals surface area (Å²) in [6.45, 7) is 4.33. The summed E-state index contributed by atoms with van der Waals surface area (Å²) in [4.78, 5) is 7.46. The third-order valence-corrected chi connectivity index (χ3v) is 5.24. The highest BCUT2D eigenvalue weighted by Gasteiger charge is 2.16. The lowest BCUT2D eigenvalue weighted by Crippen LogP contribution is -2.13. The van der Waals surface area contributed by atoms with Gasteiger partial charge in [-0.2, -0.15) is 0 Å². The summed E-state index contributed by atoms with van der Waals surface area (Å²) in [5.74, 6) is 0. The number of aryl methyl sites for hydroxylation is 2. The van der Waals surface area contributed by atoms with Gasteiger partial charge in [0.05, 0.1) is 5.69 Å². The summed E-state index contributed by atoms with van der Waals surface area (Å²) < 4.78 is 0. The van der Waals surface area contributed by atoms with Gasteiger partial charge in [0, 0.05) is 26.7 Å². The highest BCUT2D eigenvalue weighted by Crippen LogP contribution is 2.33. The van der Waals surface area contributed by atoms with Crippen molar-refractivity contribution in [1.82, 2.24) is 4.98 Å². The third-order valence-electron chi connectivity index (χ3n) is 3.50. The summed E-state index contributed by atoms with van der Waals surface area (Å²) in [7, 11) is 0. The van der Waals surface area contributed by atoms with Gasteiger partial charge in [-0.3, -0.25) is 0 Å². The number of rotatable bonds is 3. The van der Waals surface area contributed by atoms with Crippen LogP contribution >= 0.6 is 22.7 Å². The predicted octanol–water partition coefficient (Wildman–Crippen LogP) is 4.84. The van der Waals surface area contributed by atoms with Crippen molar-refractivity contribution in [3.8, 4) is 11.3 Å². The second-order valence-corrected chi connectivity index (χ2v) is 7.31. The molecule has 0 spiro atoms. The van der Waals surface area contributed by atoms with Crippen molar-refractivity contribution in [3.63, 3.8) is 0 Å². The molecule has 0 radical (unpaired) electrons. The van der Waals surface area contributed by atoms with E-state index in [9.17, 15) is 0 Å². The van der Waals surface area contributed by atoms with E-state index >= 15 is 0 Å². The Labute approximate surface area is 116 Å². The van der Waals surface area contributed by atoms with Crippen LogP contribution in [0.5, 0.6) is 0 Å². The van der Waals surface area contributed by atoms with Crippen LogP contribution in [0.3, 0.4) is 0 Å². The van der Waals surface area contributed by atoms with Gasteiger partial charge < -0.3 is 5.32 Å². The molecule has 1 fully saturated rings. The number of nitrogens with one attached hydrogen (secondary N) is 1. The molecule has 0 saturated heterocycles. The lowest BCUT2D eigenvalue weighted by molar-refractivity contribution is 0.754. The lowest BCUT2D eigenvalue weighted by atomic mass is 10.2. The van der Waals surface area contributed by atoms with Crippen molar-refractivity contribution in [1.29, 1.82) is 0 Å². The van der Waals surface area contributed by atoms with Crippen LogP contribution in [0.2, 0.25) is 0 Å². The fourth-order valence-corrected chi connectivity index (χ4v) is 4.32. The minimum atomic E-state index is 0.648. The first-order chi connectivity index (χ1) is 8.72. The summed E-state index contributed by atoms with van der Waals surface area (Å²) in [6, 6.07) is 2.89. The van der Waals surface area contributed by atoms with E-state index in [1.165, 1.54) is 41.0 Å². The van der Waals surface area contributed by atoms with Gasteiger partial charge in [-0.05, 0) is 32.8 Å². The van der Waals surface area contributed by atoms with Gasteiger partial charge in [0.25, 0.3) is 0 Å². The molecule has 96 valence electrons. The average Bonchev–Trinajstić information content (AvgIpc) is 3.01. The van der Waals surface area contributed by atoms with Crippen molar-refractivity contribution >= 4 is 27.8 Å². The monoisotopic (exact) mass is 278 g/mol. The first-order valence-corrected chi connectivity index (χ1v) is 8.21. The number of hydrogen-bond acceptors (Lipinski definition) is 4. The van der Waals surface area contributed by atoms with Crippen molar-refractivity contribution in [2.75, 3.05) is 5.32 Å². The van der Waals surface area contributed by atoms with E-state index in [-0.39, 0.29) is 0 Å². The Hall–Kier alpha value is -0.870. The van der Waals surface area contributed by atoms with Crippen molar-refractivity contribution in [2.24, 2.45) is 0 Å². The van der Waals surface area contributed by atoms with Crippen LogP contribution in [0, 0.1) is 13.8 Å². The molecule has 0 aromatic carbocycles. The molecule has 1 aliphatic rings. The van der Waals surface area contributed by atoms with Crippen LogP contribution in [-0.4, -0.2) is 11.0 Å². The van der Waals surface area contributed by atoms with Crippen LogP contribution < -0.4 is 5.32 Å². The Morgan fingerprint density at radius 1 is 1.28 bits per heavy atom. The summed E-state index contributed by atoms with van der Waals surface area (Å²) in [6.07, 6.45) is 5.31. The number of thiophene rings is 1. The molecule has 1 saturated carbocycles. The minimum absolute atomic E-state index is 0.648. The van der Waals surface area contributed by atoms with Gasteiger partial charge in [-0.15, -0.1) is 22.7 Å². The molecule has 2 aromatic rings. The molecular formula is C14H18N2S2. The second-order valence-electron chi connectivity index (χ2n) is 4.99. The SMILES string of the molecule is Cc1cc(-c2csc(NC3CCCC3)n2)c(C)s1.